The van der Waals surface area contributed by atoms with Crippen molar-refractivity contribution in [2.45, 2.75) is 69.1 Å². The summed E-state index contributed by atoms with van der Waals surface area (Å²) < 4.78 is 94.5. The monoisotopic (exact) mass is 804 g/mol. The quantitative estimate of drug-likeness (QED) is 0.0987. The van der Waals surface area contributed by atoms with E-state index >= 15 is 0 Å². The van der Waals surface area contributed by atoms with Crippen LogP contribution in [0, 0.1) is 0 Å². The second-order valence-corrected chi connectivity index (χ2v) is 19.6. The maximum Gasteiger partial charge on any atom is 0.303 e. The molecular weight excluding hydrogens is 755 g/mol. The summed E-state index contributed by atoms with van der Waals surface area (Å²) >= 11 is 0. The molecule has 0 bridgehead atoms. The van der Waals surface area contributed by atoms with Crippen molar-refractivity contribution < 1.29 is 48.8 Å². The molecule has 0 saturated carbocycles. The zero-order chi connectivity index (χ0) is 40.1. The minimum absolute atomic E-state index is 0.0373. The van der Waals surface area contributed by atoms with Crippen LogP contribution in [0.2, 0.25) is 0 Å². The molecule has 0 unspecified atom stereocenters. The molecule has 0 amide bonds. The van der Waals surface area contributed by atoms with Gasteiger partial charge in [-0.2, -0.15) is 21.4 Å². The second kappa shape index (κ2) is 16.8. The predicted molar refractivity (Wildman–Crippen MR) is 210 cm³/mol. The lowest BCUT2D eigenvalue weighted by molar-refractivity contribution is -0.437. The fourth-order valence-electron chi connectivity index (χ4n) is 6.99. The molecule has 0 aromatic heterocycles. The molecule has 16 heteroatoms. The largest absolute Gasteiger partial charge is 0.481 e. The number of benzene rings is 2. The number of para-hydroxylation sites is 1. The van der Waals surface area contributed by atoms with Crippen LogP contribution < -0.4 is 4.90 Å². The van der Waals surface area contributed by atoms with E-state index in [1.54, 1.807) is 12.1 Å². The van der Waals surface area contributed by atoms with Crippen LogP contribution in [0.3, 0.4) is 0 Å². The first-order valence-electron chi connectivity index (χ1n) is 17.5. The SMILES string of the molecule is CN(CCCC(=O)O)S(=O)(=O)c1ccc2c(c1)C(C)(C)C(=CC=CC=CC=CC1=[N+](CCCS(=O)(=O)O)c3ccccc3C1(C)C)N2CCCS(=O)(=O)O. The number of sulfonamides is 1. The summed E-state index contributed by atoms with van der Waals surface area (Å²) in [5, 5.41) is 8.96. The zero-order valence-corrected chi connectivity index (χ0v) is 33.7. The Hall–Kier alpha value is -3.93. The minimum Gasteiger partial charge on any atom is -0.481 e. The van der Waals surface area contributed by atoms with Gasteiger partial charge in [0.1, 0.15) is 6.54 Å². The Bertz CT molecular complexity index is 2240. The summed E-state index contributed by atoms with van der Waals surface area (Å²) in [5.41, 5.74) is 4.24. The van der Waals surface area contributed by atoms with Crippen LogP contribution >= 0.6 is 0 Å². The van der Waals surface area contributed by atoms with Gasteiger partial charge in [0.15, 0.2) is 5.71 Å². The highest BCUT2D eigenvalue weighted by atomic mass is 32.2. The molecule has 3 N–H and O–H groups in total. The smallest absolute Gasteiger partial charge is 0.303 e. The highest BCUT2D eigenvalue weighted by Gasteiger charge is 2.44. The third-order valence-corrected chi connectivity index (χ3v) is 13.2. The summed E-state index contributed by atoms with van der Waals surface area (Å²) in [5.74, 6) is -1.78. The maximum absolute atomic E-state index is 13.4. The van der Waals surface area contributed by atoms with Crippen LogP contribution in [0.25, 0.3) is 0 Å². The summed E-state index contributed by atoms with van der Waals surface area (Å²) in [4.78, 5) is 12.9. The van der Waals surface area contributed by atoms with E-state index in [1.165, 1.54) is 13.1 Å². The molecule has 0 saturated heterocycles. The molecule has 54 heavy (non-hydrogen) atoms. The van der Waals surface area contributed by atoms with Crippen molar-refractivity contribution in [2.24, 2.45) is 0 Å². The van der Waals surface area contributed by atoms with E-state index < -0.39 is 47.4 Å². The fourth-order valence-corrected chi connectivity index (χ4v) is 9.21. The van der Waals surface area contributed by atoms with E-state index in [1.807, 2.05) is 79.5 Å². The van der Waals surface area contributed by atoms with Crippen molar-refractivity contribution in [3.8, 4) is 0 Å². The topological polar surface area (TPSA) is 190 Å². The molecule has 294 valence electrons. The first-order valence-corrected chi connectivity index (χ1v) is 22.2. The van der Waals surface area contributed by atoms with Gasteiger partial charge in [-0.25, -0.2) is 12.7 Å². The maximum atomic E-state index is 13.4. The van der Waals surface area contributed by atoms with Crippen molar-refractivity contribution in [2.75, 3.05) is 43.1 Å². The molecule has 0 aliphatic carbocycles. The average Bonchev–Trinajstić information content (AvgIpc) is 3.41. The van der Waals surface area contributed by atoms with E-state index in [-0.39, 0.29) is 54.8 Å². The van der Waals surface area contributed by atoms with Gasteiger partial charge in [-0.15, -0.1) is 0 Å². The van der Waals surface area contributed by atoms with Crippen molar-refractivity contribution >= 4 is 53.3 Å². The average molecular weight is 805 g/mol. The van der Waals surface area contributed by atoms with Crippen LogP contribution in [0.15, 0.2) is 95.6 Å². The molecule has 2 aromatic rings. The second-order valence-electron chi connectivity index (χ2n) is 14.4. The van der Waals surface area contributed by atoms with Crippen molar-refractivity contribution in [3.63, 3.8) is 0 Å². The Labute approximate surface area is 319 Å². The molecule has 2 aliphatic heterocycles. The van der Waals surface area contributed by atoms with Gasteiger partial charge >= 0.3 is 5.97 Å². The van der Waals surface area contributed by atoms with Crippen LogP contribution in [0.4, 0.5) is 11.4 Å². The molecule has 13 nitrogen and oxygen atoms in total. The van der Waals surface area contributed by atoms with Gasteiger partial charge < -0.3 is 10.0 Å². The third-order valence-electron chi connectivity index (χ3n) is 9.76. The molecule has 0 atom stereocenters. The lowest BCUT2D eigenvalue weighted by atomic mass is 9.81. The number of anilines is 1. The zero-order valence-electron chi connectivity index (χ0n) is 31.2. The molecule has 2 heterocycles. The predicted octanol–water partition coefficient (Wildman–Crippen LogP) is 5.45. The first kappa shape index (κ1) is 42.8. The molecule has 4 rings (SSSR count). The van der Waals surface area contributed by atoms with E-state index in [0.717, 1.165) is 27.0 Å². The van der Waals surface area contributed by atoms with Gasteiger partial charge in [-0.05, 0) is 56.5 Å². The number of carbonyl (C=O) groups is 1. The van der Waals surface area contributed by atoms with Crippen LogP contribution in [-0.2, 0) is 45.9 Å². The van der Waals surface area contributed by atoms with Gasteiger partial charge in [0.25, 0.3) is 20.2 Å². The Morgan fingerprint density at radius 1 is 0.815 bits per heavy atom. The number of carboxylic acids is 1. The highest BCUT2D eigenvalue weighted by Crippen LogP contribution is 2.48. The standard InChI is InChI=1S/C38H49N3O10S3/c1-37(2)30-16-11-12-17-32(30)40(24-14-26-52(44,45)46)34(37)18-9-7-6-8-10-19-35-38(3,4)31-28-29(54(50,51)39(5)23-13-20-36(42)43)21-22-33(31)41(35)25-15-27-53(47,48)49/h6-12,16-19,21-22,28H,13-15,20,23-27H2,1-5H3,(H2-,42,43,44,45,46,47,48,49)/p+1. The van der Waals surface area contributed by atoms with Crippen LogP contribution in [0.1, 0.15) is 64.5 Å². The summed E-state index contributed by atoms with van der Waals surface area (Å²) in [6, 6.07) is 12.7. The van der Waals surface area contributed by atoms with Gasteiger partial charge in [0.2, 0.25) is 15.7 Å². The van der Waals surface area contributed by atoms with Crippen molar-refractivity contribution in [1.29, 1.82) is 0 Å². The molecular formula is C38H50N3O10S3+. The van der Waals surface area contributed by atoms with Gasteiger partial charge in [-0.1, -0.05) is 62.4 Å². The molecule has 2 aromatic carbocycles. The normalized spacial score (nSPS) is 17.9. The Morgan fingerprint density at radius 3 is 2.11 bits per heavy atom. The highest BCUT2D eigenvalue weighted by molar-refractivity contribution is 7.89. The molecule has 0 fully saturated rings. The first-order chi connectivity index (χ1) is 25.1. The number of hydrogen-bond acceptors (Lipinski definition) is 8. The number of hydrogen-bond donors (Lipinski definition) is 3. The third kappa shape index (κ3) is 10.2. The van der Waals surface area contributed by atoms with E-state index in [2.05, 4.69) is 24.5 Å². The minimum atomic E-state index is -4.20. The van der Waals surface area contributed by atoms with Crippen LogP contribution in [0.5, 0.6) is 0 Å². The number of carboxylic acid groups (broad SMARTS) is 1. The molecule has 0 spiro atoms. The Kier molecular flexibility index (Phi) is 13.3. The summed E-state index contributed by atoms with van der Waals surface area (Å²) in [6.45, 7) is 8.79. The van der Waals surface area contributed by atoms with E-state index in [4.69, 9.17) is 5.11 Å². The van der Waals surface area contributed by atoms with Gasteiger partial charge in [-0.3, -0.25) is 13.9 Å². The number of allylic oxidation sites excluding steroid dienone is 8. The number of fused-ring (bicyclic) bond motifs is 2. The molecule has 0 radical (unpaired) electrons. The van der Waals surface area contributed by atoms with E-state index in [9.17, 15) is 39.2 Å². The van der Waals surface area contributed by atoms with Crippen LogP contribution in [-0.4, -0.2) is 98.2 Å². The molecule has 2 aliphatic rings. The summed E-state index contributed by atoms with van der Waals surface area (Å²) in [6.07, 6.45) is 13.5. The number of aliphatic carboxylic acids is 1. The van der Waals surface area contributed by atoms with Crippen molar-refractivity contribution in [3.05, 3.63) is 102 Å². The van der Waals surface area contributed by atoms with Gasteiger partial charge in [0.05, 0.1) is 21.8 Å². The number of nitrogens with zero attached hydrogens (tertiary/aromatic N) is 3. The van der Waals surface area contributed by atoms with Crippen molar-refractivity contribution in [1.82, 2.24) is 4.31 Å². The Balaban J connectivity index is 1.59. The lowest BCUT2D eigenvalue weighted by Gasteiger charge is -2.27. The fraction of sp³-hybridized carbons (Fsp3) is 0.421. The lowest BCUT2D eigenvalue weighted by Crippen LogP contribution is -2.28. The Morgan fingerprint density at radius 2 is 1.44 bits per heavy atom. The van der Waals surface area contributed by atoms with E-state index in [0.29, 0.717) is 17.8 Å². The number of rotatable bonds is 18. The summed E-state index contributed by atoms with van der Waals surface area (Å²) in [7, 11) is -10.8. The van der Waals surface area contributed by atoms with Gasteiger partial charge in [0, 0.05) is 67.5 Å².